The first kappa shape index (κ1) is 36.2. The average Bonchev–Trinajstić information content (AvgIpc) is 3.16. The molecule has 0 saturated heterocycles. The summed E-state index contributed by atoms with van der Waals surface area (Å²) in [6.45, 7) is 13.6. The van der Waals surface area contributed by atoms with Gasteiger partial charge < -0.3 is 5.32 Å². The van der Waals surface area contributed by atoms with Gasteiger partial charge in [-0.15, -0.1) is 0 Å². The number of fused-ring (bicyclic) bond motifs is 2. The molecule has 2 heterocycles. The summed E-state index contributed by atoms with van der Waals surface area (Å²) in [6.07, 6.45) is 2.38. The van der Waals surface area contributed by atoms with Crippen LogP contribution in [-0.4, -0.2) is 4.98 Å². The lowest BCUT2D eigenvalue weighted by Crippen LogP contribution is -2.15. The van der Waals surface area contributed by atoms with Gasteiger partial charge in [0, 0.05) is 31.1 Å². The first-order valence-corrected chi connectivity index (χ1v) is 20.2. The molecule has 0 fully saturated rings. The molecule has 7 aromatic rings. The van der Waals surface area contributed by atoms with Crippen molar-refractivity contribution in [1.82, 2.24) is 4.98 Å². The van der Waals surface area contributed by atoms with Crippen LogP contribution in [-0.2, 0) is 10.8 Å². The third-order valence-electron chi connectivity index (χ3n) is 10.6. The third kappa shape index (κ3) is 7.34. The van der Waals surface area contributed by atoms with E-state index in [-0.39, 0.29) is 16.9 Å². The smallest absolute Gasteiger partial charge is 0.0716 e. The summed E-state index contributed by atoms with van der Waals surface area (Å²) in [4.78, 5) is 5.20. The molecule has 0 amide bonds. The molecular formula is C50H44Br2N2. The molecular weight excluding hydrogens is 788 g/mol. The van der Waals surface area contributed by atoms with Crippen LogP contribution >= 0.6 is 31.9 Å². The van der Waals surface area contributed by atoms with Crippen LogP contribution in [0.3, 0.4) is 0 Å². The number of pyridine rings is 1. The first-order valence-electron chi connectivity index (χ1n) is 18.6. The molecule has 4 heteroatoms. The van der Waals surface area contributed by atoms with Crippen LogP contribution in [0.4, 0.5) is 5.69 Å². The van der Waals surface area contributed by atoms with Crippen LogP contribution in [0, 0.1) is 0 Å². The van der Waals surface area contributed by atoms with Crippen LogP contribution in [0.15, 0.2) is 155 Å². The lowest BCUT2D eigenvalue weighted by molar-refractivity contribution is 0.590. The van der Waals surface area contributed by atoms with Crippen molar-refractivity contribution in [1.29, 1.82) is 0 Å². The molecule has 1 aliphatic heterocycles. The van der Waals surface area contributed by atoms with Crippen molar-refractivity contribution in [2.45, 2.75) is 58.4 Å². The Kier molecular flexibility index (Phi) is 9.48. The zero-order valence-corrected chi connectivity index (χ0v) is 34.8. The summed E-state index contributed by atoms with van der Waals surface area (Å²) < 4.78 is 2.13. The van der Waals surface area contributed by atoms with E-state index in [9.17, 15) is 0 Å². The molecule has 1 unspecified atom stereocenters. The van der Waals surface area contributed by atoms with Gasteiger partial charge in [-0.05, 0) is 122 Å². The SMILES string of the molecule is CC(C)(C)c1ccc(C2=CC(c3ccc(Br)cc3)Nc3ccc(-c4ccc5nc(-c6ccc(Br)cc6)cc(-c6ccc(C(C)(C)C)cc6)c5c4)cc32)cc1. The van der Waals surface area contributed by atoms with Gasteiger partial charge >= 0.3 is 0 Å². The lowest BCUT2D eigenvalue weighted by atomic mass is 9.84. The molecule has 1 aromatic heterocycles. The van der Waals surface area contributed by atoms with Crippen molar-refractivity contribution in [2.24, 2.45) is 0 Å². The maximum Gasteiger partial charge on any atom is 0.0716 e. The van der Waals surface area contributed by atoms with E-state index in [1.165, 1.54) is 50.1 Å². The summed E-state index contributed by atoms with van der Waals surface area (Å²) in [7, 11) is 0. The van der Waals surface area contributed by atoms with Gasteiger partial charge in [-0.1, -0.05) is 158 Å². The zero-order chi connectivity index (χ0) is 37.8. The van der Waals surface area contributed by atoms with Gasteiger partial charge in [0.05, 0.1) is 17.3 Å². The molecule has 0 aliphatic carbocycles. The largest absolute Gasteiger partial charge is 0.374 e. The molecule has 1 aliphatic rings. The number of anilines is 1. The Morgan fingerprint density at radius 1 is 0.500 bits per heavy atom. The number of hydrogen-bond acceptors (Lipinski definition) is 2. The van der Waals surface area contributed by atoms with Gasteiger partial charge in [-0.25, -0.2) is 4.98 Å². The number of halogens is 2. The zero-order valence-electron chi connectivity index (χ0n) is 31.6. The van der Waals surface area contributed by atoms with Crippen molar-refractivity contribution in [2.75, 3.05) is 5.32 Å². The van der Waals surface area contributed by atoms with E-state index >= 15 is 0 Å². The molecule has 54 heavy (non-hydrogen) atoms. The molecule has 0 spiro atoms. The van der Waals surface area contributed by atoms with Gasteiger partial charge in [0.1, 0.15) is 0 Å². The second-order valence-electron chi connectivity index (χ2n) is 16.5. The van der Waals surface area contributed by atoms with Crippen LogP contribution in [0.1, 0.15) is 75.4 Å². The van der Waals surface area contributed by atoms with Crippen LogP contribution in [0.5, 0.6) is 0 Å². The van der Waals surface area contributed by atoms with E-state index in [0.717, 1.165) is 42.4 Å². The minimum Gasteiger partial charge on any atom is -0.374 e. The minimum absolute atomic E-state index is 0.0487. The summed E-state index contributed by atoms with van der Waals surface area (Å²) >= 11 is 7.21. The molecule has 0 saturated carbocycles. The lowest BCUT2D eigenvalue weighted by Gasteiger charge is -2.28. The molecule has 0 radical (unpaired) electrons. The van der Waals surface area contributed by atoms with Crippen molar-refractivity contribution in [3.05, 3.63) is 182 Å². The molecule has 2 nitrogen and oxygen atoms in total. The fraction of sp³-hybridized carbons (Fsp3) is 0.180. The normalized spacial score (nSPS) is 14.4. The molecule has 6 aromatic carbocycles. The summed E-state index contributed by atoms with van der Waals surface area (Å²) in [5.41, 5.74) is 16.5. The Morgan fingerprint density at radius 3 is 1.63 bits per heavy atom. The summed E-state index contributed by atoms with van der Waals surface area (Å²) in [5.74, 6) is 0. The highest BCUT2D eigenvalue weighted by atomic mass is 79.9. The molecule has 0 bridgehead atoms. The minimum atomic E-state index is 0.0487. The van der Waals surface area contributed by atoms with E-state index in [1.54, 1.807) is 0 Å². The Labute approximate surface area is 336 Å². The highest BCUT2D eigenvalue weighted by Gasteiger charge is 2.23. The van der Waals surface area contributed by atoms with E-state index in [0.29, 0.717) is 0 Å². The molecule has 268 valence electrons. The van der Waals surface area contributed by atoms with Gasteiger partial charge in [-0.2, -0.15) is 0 Å². The molecule has 1 atom stereocenters. The Balaban J connectivity index is 1.25. The predicted molar refractivity (Wildman–Crippen MR) is 237 cm³/mol. The average molecular weight is 833 g/mol. The van der Waals surface area contributed by atoms with Gasteiger partial charge in [0.25, 0.3) is 0 Å². The van der Waals surface area contributed by atoms with Gasteiger partial charge in [0.2, 0.25) is 0 Å². The standard InChI is InChI=1S/C50H44Br2N2/c1-49(2,3)37-17-7-31(8-18-37)41-29-47(33-11-21-39(51)22-12-33)53-45-25-15-35(27-43(41)45)36-16-26-46-44(28-36)42(32-9-19-38(20-10-32)50(4,5)6)30-48(54-46)34-13-23-40(52)24-14-34/h7-30,47,53H,1-6H3. The second-order valence-corrected chi connectivity index (χ2v) is 18.3. The first-order chi connectivity index (χ1) is 25.8. The Bertz CT molecular complexity index is 2520. The maximum atomic E-state index is 5.20. The Morgan fingerprint density at radius 2 is 1.02 bits per heavy atom. The van der Waals surface area contributed by atoms with Crippen LogP contribution in [0.2, 0.25) is 0 Å². The van der Waals surface area contributed by atoms with Crippen molar-refractivity contribution >= 4 is 54.0 Å². The summed E-state index contributed by atoms with van der Waals surface area (Å²) in [5, 5.41) is 4.98. The second kappa shape index (κ2) is 14.1. The highest BCUT2D eigenvalue weighted by molar-refractivity contribution is 9.10. The maximum absolute atomic E-state index is 5.20. The number of hydrogen-bond donors (Lipinski definition) is 1. The van der Waals surface area contributed by atoms with Gasteiger partial charge in [-0.3, -0.25) is 0 Å². The number of rotatable bonds is 5. The predicted octanol–water partition coefficient (Wildman–Crippen LogP) is 15.0. The molecule has 1 N–H and O–H groups in total. The Hall–Kier alpha value is -4.77. The quantitative estimate of drug-likeness (QED) is 0.187. The fourth-order valence-electron chi connectivity index (χ4n) is 7.35. The van der Waals surface area contributed by atoms with E-state index < -0.39 is 0 Å². The van der Waals surface area contributed by atoms with Crippen molar-refractivity contribution in [3.8, 4) is 33.5 Å². The van der Waals surface area contributed by atoms with E-state index in [4.69, 9.17) is 4.98 Å². The van der Waals surface area contributed by atoms with Crippen molar-refractivity contribution in [3.63, 3.8) is 0 Å². The van der Waals surface area contributed by atoms with Crippen LogP contribution in [0.25, 0.3) is 50.0 Å². The fourth-order valence-corrected chi connectivity index (χ4v) is 7.88. The topological polar surface area (TPSA) is 24.9 Å². The van der Waals surface area contributed by atoms with Gasteiger partial charge in [0.15, 0.2) is 0 Å². The number of aromatic nitrogens is 1. The van der Waals surface area contributed by atoms with E-state index in [2.05, 4.69) is 224 Å². The third-order valence-corrected chi connectivity index (χ3v) is 11.6. The molecule has 8 rings (SSSR count). The number of nitrogens with zero attached hydrogens (tertiary/aromatic N) is 1. The van der Waals surface area contributed by atoms with Crippen LogP contribution < -0.4 is 5.32 Å². The monoisotopic (exact) mass is 830 g/mol. The highest BCUT2D eigenvalue weighted by Crippen LogP contribution is 2.42. The van der Waals surface area contributed by atoms with Crippen molar-refractivity contribution < 1.29 is 0 Å². The number of nitrogens with one attached hydrogen (secondary N) is 1. The van der Waals surface area contributed by atoms with E-state index in [1.807, 2.05) is 0 Å². The summed E-state index contributed by atoms with van der Waals surface area (Å²) in [6, 6.07) is 51.1. The number of benzene rings is 6.